The molecule has 5 rings (SSSR count). The number of amides is 1. The van der Waals surface area contributed by atoms with Gasteiger partial charge in [0.05, 0.1) is 16.9 Å². The predicted octanol–water partition coefficient (Wildman–Crippen LogP) is 6.49. The molecule has 1 atom stereocenters. The van der Waals surface area contributed by atoms with Crippen molar-refractivity contribution in [2.45, 2.75) is 61.3 Å². The third-order valence-electron chi connectivity index (χ3n) is 7.99. The Morgan fingerprint density at radius 2 is 1.68 bits per heavy atom. The van der Waals surface area contributed by atoms with E-state index in [0.29, 0.717) is 23.7 Å². The highest BCUT2D eigenvalue weighted by Crippen LogP contribution is 2.41. The van der Waals surface area contributed by atoms with Crippen molar-refractivity contribution in [2.75, 3.05) is 18.5 Å². The van der Waals surface area contributed by atoms with Crippen LogP contribution in [0.2, 0.25) is 5.02 Å². The number of carbonyl (C=O) groups is 1. The summed E-state index contributed by atoms with van der Waals surface area (Å²) in [6.07, 6.45) is 6.15. The minimum atomic E-state index is -3.66. The van der Waals surface area contributed by atoms with Crippen LogP contribution in [0, 0.1) is 0 Å². The topological polar surface area (TPSA) is 86.7 Å². The molecule has 8 heteroatoms. The average molecular weight is 557 g/mol. The summed E-state index contributed by atoms with van der Waals surface area (Å²) < 4.78 is 27.6. The molecule has 204 valence electrons. The van der Waals surface area contributed by atoms with Gasteiger partial charge in [0, 0.05) is 26.1 Å². The third kappa shape index (κ3) is 5.25. The number of anilines is 1. The quantitative estimate of drug-likeness (QED) is 0.348. The van der Waals surface area contributed by atoms with Crippen molar-refractivity contribution in [2.24, 2.45) is 0 Å². The Balaban J connectivity index is 0.00000220. The molecule has 3 aromatic rings. The molecule has 1 aliphatic heterocycles. The number of aliphatic hydroxyl groups excluding tert-OH is 1. The summed E-state index contributed by atoms with van der Waals surface area (Å²) in [5.74, 6) is -0.0119. The molecule has 0 aromatic heterocycles. The van der Waals surface area contributed by atoms with E-state index >= 15 is 0 Å². The first-order chi connectivity index (χ1) is 18.3. The largest absolute Gasteiger partial charge is 0.395 e. The molecule has 0 spiro atoms. The van der Waals surface area contributed by atoms with Gasteiger partial charge in [-0.05, 0) is 78.8 Å². The first kappa shape index (κ1) is 26.9. The van der Waals surface area contributed by atoms with Crippen molar-refractivity contribution >= 4 is 33.2 Å². The zero-order valence-electron chi connectivity index (χ0n) is 21.3. The number of hydrogen-bond donors (Lipinski definition) is 2. The van der Waals surface area contributed by atoms with Crippen LogP contribution in [0.15, 0.2) is 77.7 Å². The number of benzene rings is 3. The lowest BCUT2D eigenvalue weighted by Crippen LogP contribution is -2.42. The SMILES string of the molecule is O=C(Nc1cccc(-c2ccc(S(=O)(=O)N3CCC[C@@H]3CO)cc2)c1)C1(c2ccc(Cl)cc2)CCCCC1.[HH].[HH]. The van der Waals surface area contributed by atoms with Crippen LogP contribution in [0.1, 0.15) is 53.4 Å². The first-order valence-corrected chi connectivity index (χ1v) is 15.1. The van der Waals surface area contributed by atoms with Crippen LogP contribution in [0.5, 0.6) is 0 Å². The molecule has 6 nitrogen and oxygen atoms in total. The summed E-state index contributed by atoms with van der Waals surface area (Å²) in [5.41, 5.74) is 2.84. The fourth-order valence-electron chi connectivity index (χ4n) is 5.86. The van der Waals surface area contributed by atoms with Crippen LogP contribution in [-0.2, 0) is 20.2 Å². The Morgan fingerprint density at radius 3 is 2.37 bits per heavy atom. The van der Waals surface area contributed by atoms with Gasteiger partial charge in [-0.3, -0.25) is 4.79 Å². The van der Waals surface area contributed by atoms with Gasteiger partial charge < -0.3 is 10.4 Å². The van der Waals surface area contributed by atoms with E-state index in [1.807, 2.05) is 48.5 Å². The monoisotopic (exact) mass is 556 g/mol. The van der Waals surface area contributed by atoms with Gasteiger partial charge in [-0.25, -0.2) is 8.42 Å². The lowest BCUT2D eigenvalue weighted by molar-refractivity contribution is -0.122. The maximum Gasteiger partial charge on any atom is 0.243 e. The highest BCUT2D eigenvalue weighted by Gasteiger charge is 2.41. The van der Waals surface area contributed by atoms with Gasteiger partial charge in [0.15, 0.2) is 0 Å². The number of carbonyl (C=O) groups excluding carboxylic acids is 1. The summed E-state index contributed by atoms with van der Waals surface area (Å²) in [6.45, 7) is 0.254. The molecule has 0 bridgehead atoms. The van der Waals surface area contributed by atoms with Gasteiger partial charge in [0.2, 0.25) is 15.9 Å². The second-order valence-electron chi connectivity index (χ2n) is 10.3. The maximum absolute atomic E-state index is 13.7. The molecule has 1 heterocycles. The molecular formula is C30H37ClN2O4S. The van der Waals surface area contributed by atoms with Crippen molar-refractivity contribution in [3.63, 3.8) is 0 Å². The van der Waals surface area contributed by atoms with Crippen LogP contribution in [0.4, 0.5) is 5.69 Å². The zero-order chi connectivity index (χ0) is 26.8. The zero-order valence-corrected chi connectivity index (χ0v) is 22.8. The summed E-state index contributed by atoms with van der Waals surface area (Å²) in [4.78, 5) is 13.9. The standard InChI is InChI=1S/C30H33ClN2O4S.2H2/c31-25-13-11-24(12-14-25)30(17-2-1-3-18-30)29(35)32-26-7-4-6-23(20-26)22-9-15-28(16-10-22)38(36,37)33-19-5-8-27(33)21-34;;/h4,6-7,9-16,20,27,34H,1-3,5,8,17-19,21H2,(H,32,35);2*1H/t27-;;/m1../s1. The van der Waals surface area contributed by atoms with Gasteiger partial charge >= 0.3 is 0 Å². The summed E-state index contributed by atoms with van der Waals surface area (Å²) in [5, 5.41) is 13.4. The number of nitrogens with one attached hydrogen (secondary N) is 1. The van der Waals surface area contributed by atoms with Crippen molar-refractivity contribution in [3.05, 3.63) is 83.4 Å². The van der Waals surface area contributed by atoms with Gasteiger partial charge in [-0.2, -0.15) is 4.31 Å². The van der Waals surface area contributed by atoms with E-state index < -0.39 is 15.4 Å². The summed E-state index contributed by atoms with van der Waals surface area (Å²) >= 11 is 6.12. The second kappa shape index (κ2) is 11.2. The van der Waals surface area contributed by atoms with Crippen molar-refractivity contribution in [1.82, 2.24) is 4.31 Å². The van der Waals surface area contributed by atoms with Crippen molar-refractivity contribution in [1.29, 1.82) is 0 Å². The Labute approximate surface area is 232 Å². The maximum atomic E-state index is 13.7. The highest BCUT2D eigenvalue weighted by molar-refractivity contribution is 7.89. The van der Waals surface area contributed by atoms with E-state index in [0.717, 1.165) is 55.2 Å². The van der Waals surface area contributed by atoms with Gasteiger partial charge in [-0.1, -0.05) is 67.3 Å². The van der Waals surface area contributed by atoms with Gasteiger partial charge in [0.25, 0.3) is 0 Å². The normalized spacial score (nSPS) is 19.8. The number of halogens is 1. The van der Waals surface area contributed by atoms with E-state index in [1.54, 1.807) is 24.3 Å². The van der Waals surface area contributed by atoms with E-state index in [2.05, 4.69) is 5.32 Å². The molecule has 1 amide bonds. The Morgan fingerprint density at radius 1 is 0.974 bits per heavy atom. The smallest absolute Gasteiger partial charge is 0.243 e. The summed E-state index contributed by atoms with van der Waals surface area (Å²) in [7, 11) is -3.66. The summed E-state index contributed by atoms with van der Waals surface area (Å²) in [6, 6.07) is 21.7. The Bertz CT molecular complexity index is 1400. The highest BCUT2D eigenvalue weighted by atomic mass is 35.5. The molecule has 1 saturated heterocycles. The number of sulfonamides is 1. The average Bonchev–Trinajstić information content (AvgIpc) is 3.44. The molecule has 0 radical (unpaired) electrons. The van der Waals surface area contributed by atoms with Crippen molar-refractivity contribution < 1.29 is 21.2 Å². The van der Waals surface area contributed by atoms with E-state index in [-0.39, 0.29) is 26.3 Å². The fourth-order valence-corrected chi connectivity index (χ4v) is 7.67. The van der Waals surface area contributed by atoms with Crippen LogP contribution in [-0.4, -0.2) is 42.9 Å². The molecule has 38 heavy (non-hydrogen) atoms. The Kier molecular flexibility index (Phi) is 7.91. The molecule has 2 aliphatic rings. The van der Waals surface area contributed by atoms with E-state index in [4.69, 9.17) is 11.6 Å². The van der Waals surface area contributed by atoms with E-state index in [1.165, 1.54) is 4.31 Å². The van der Waals surface area contributed by atoms with Crippen molar-refractivity contribution in [3.8, 4) is 11.1 Å². The molecule has 2 fully saturated rings. The van der Waals surface area contributed by atoms with Gasteiger partial charge in [-0.15, -0.1) is 0 Å². The number of nitrogens with zero attached hydrogens (tertiary/aromatic N) is 1. The van der Waals surface area contributed by atoms with Crippen LogP contribution < -0.4 is 5.32 Å². The molecule has 0 unspecified atom stereocenters. The number of aliphatic hydroxyl groups is 1. The Hall–Kier alpha value is -2.71. The van der Waals surface area contributed by atoms with E-state index in [9.17, 15) is 18.3 Å². The lowest BCUT2D eigenvalue weighted by atomic mass is 9.68. The molecule has 3 aromatic carbocycles. The molecular weight excluding hydrogens is 520 g/mol. The minimum absolute atomic E-state index is 0. The third-order valence-corrected chi connectivity index (χ3v) is 10.2. The minimum Gasteiger partial charge on any atom is -0.395 e. The predicted molar refractivity (Wildman–Crippen MR) is 155 cm³/mol. The van der Waals surface area contributed by atoms with Crippen LogP contribution in [0.25, 0.3) is 11.1 Å². The van der Waals surface area contributed by atoms with Crippen LogP contribution >= 0.6 is 11.6 Å². The van der Waals surface area contributed by atoms with Gasteiger partial charge in [0.1, 0.15) is 0 Å². The first-order valence-electron chi connectivity index (χ1n) is 13.2. The molecule has 1 saturated carbocycles. The fraction of sp³-hybridized carbons (Fsp3) is 0.367. The number of hydrogen-bond acceptors (Lipinski definition) is 4. The lowest BCUT2D eigenvalue weighted by Gasteiger charge is -2.36. The molecule has 1 aliphatic carbocycles. The number of rotatable bonds is 7. The second-order valence-corrected chi connectivity index (χ2v) is 12.6. The van der Waals surface area contributed by atoms with Crippen LogP contribution in [0.3, 0.4) is 0 Å². The molecule has 2 N–H and O–H groups in total.